The SMILES string of the molecule is COc1ccc(Cn2c(=O)n(-c3ccc(Cl)nc3)c3ncccc32)cc1. The number of hydrogen-bond donors (Lipinski definition) is 0. The van der Waals surface area contributed by atoms with Gasteiger partial charge in [0.1, 0.15) is 10.9 Å². The maximum Gasteiger partial charge on any atom is 0.335 e. The fourth-order valence-electron chi connectivity index (χ4n) is 2.89. The topological polar surface area (TPSA) is 61.9 Å². The third-order valence-corrected chi connectivity index (χ3v) is 4.38. The molecule has 4 rings (SSSR count). The normalized spacial score (nSPS) is 11.0. The standard InChI is InChI=1S/C19H15ClN4O2/c1-26-15-7-4-13(5-8-15)12-23-16-3-2-10-21-18(16)24(19(23)25)14-6-9-17(20)22-11-14/h2-11H,12H2,1H3. The Kier molecular flexibility index (Phi) is 4.18. The van der Waals surface area contributed by atoms with Crippen LogP contribution in [0.5, 0.6) is 5.75 Å². The van der Waals surface area contributed by atoms with Crippen LogP contribution in [0.1, 0.15) is 5.56 Å². The first kappa shape index (κ1) is 16.4. The number of benzene rings is 1. The molecule has 26 heavy (non-hydrogen) atoms. The fourth-order valence-corrected chi connectivity index (χ4v) is 3.00. The number of rotatable bonds is 4. The first-order valence-electron chi connectivity index (χ1n) is 7.98. The van der Waals surface area contributed by atoms with E-state index in [9.17, 15) is 4.79 Å². The minimum Gasteiger partial charge on any atom is -0.497 e. The number of fused-ring (bicyclic) bond motifs is 1. The van der Waals surface area contributed by atoms with E-state index in [0.717, 1.165) is 16.8 Å². The average Bonchev–Trinajstić information content (AvgIpc) is 2.95. The van der Waals surface area contributed by atoms with Crippen molar-refractivity contribution in [3.05, 3.63) is 82.1 Å². The molecule has 0 saturated heterocycles. The second-order valence-corrected chi connectivity index (χ2v) is 6.12. The summed E-state index contributed by atoms with van der Waals surface area (Å²) in [5.74, 6) is 0.775. The highest BCUT2D eigenvalue weighted by molar-refractivity contribution is 6.29. The Bertz CT molecular complexity index is 1120. The number of hydrogen-bond acceptors (Lipinski definition) is 4. The maximum absolute atomic E-state index is 13.1. The van der Waals surface area contributed by atoms with Crippen molar-refractivity contribution in [3.63, 3.8) is 0 Å². The number of ether oxygens (including phenoxy) is 1. The Hall–Kier alpha value is -3.12. The summed E-state index contributed by atoms with van der Waals surface area (Å²) in [4.78, 5) is 21.6. The molecule has 0 amide bonds. The number of methoxy groups -OCH3 is 1. The van der Waals surface area contributed by atoms with Crippen molar-refractivity contribution in [1.29, 1.82) is 0 Å². The van der Waals surface area contributed by atoms with Crippen molar-refractivity contribution in [2.45, 2.75) is 6.54 Å². The molecule has 0 bridgehead atoms. The van der Waals surface area contributed by atoms with Crippen LogP contribution < -0.4 is 10.4 Å². The number of imidazole rings is 1. The molecule has 4 aromatic rings. The molecular weight excluding hydrogens is 352 g/mol. The molecule has 0 saturated carbocycles. The van der Waals surface area contributed by atoms with Crippen LogP contribution in [0.2, 0.25) is 5.15 Å². The predicted octanol–water partition coefficient (Wildman–Crippen LogP) is 3.29. The van der Waals surface area contributed by atoms with E-state index in [-0.39, 0.29) is 5.69 Å². The molecular formula is C19H15ClN4O2. The van der Waals surface area contributed by atoms with Gasteiger partial charge in [0.2, 0.25) is 0 Å². The van der Waals surface area contributed by atoms with Crippen LogP contribution in [0, 0.1) is 0 Å². The summed E-state index contributed by atoms with van der Waals surface area (Å²) in [5.41, 5.74) is 2.76. The molecule has 3 aromatic heterocycles. The fraction of sp³-hybridized carbons (Fsp3) is 0.105. The molecule has 1 aromatic carbocycles. The zero-order valence-corrected chi connectivity index (χ0v) is 14.7. The molecule has 0 radical (unpaired) electrons. The van der Waals surface area contributed by atoms with Gasteiger partial charge in [-0.15, -0.1) is 0 Å². The van der Waals surface area contributed by atoms with Crippen LogP contribution in [-0.4, -0.2) is 26.2 Å². The van der Waals surface area contributed by atoms with Crippen molar-refractivity contribution >= 4 is 22.8 Å². The Morgan fingerprint density at radius 3 is 2.58 bits per heavy atom. The Morgan fingerprint density at radius 2 is 1.88 bits per heavy atom. The Labute approximate surface area is 154 Å². The molecule has 3 heterocycles. The quantitative estimate of drug-likeness (QED) is 0.520. The maximum atomic E-state index is 13.1. The van der Waals surface area contributed by atoms with E-state index in [1.54, 1.807) is 40.8 Å². The van der Waals surface area contributed by atoms with Gasteiger partial charge in [-0.2, -0.15) is 0 Å². The van der Waals surface area contributed by atoms with Gasteiger partial charge in [-0.1, -0.05) is 23.7 Å². The first-order valence-corrected chi connectivity index (χ1v) is 8.36. The summed E-state index contributed by atoms with van der Waals surface area (Å²) in [7, 11) is 1.62. The molecule has 0 unspecified atom stereocenters. The van der Waals surface area contributed by atoms with Gasteiger partial charge in [0.25, 0.3) is 0 Å². The van der Waals surface area contributed by atoms with Gasteiger partial charge in [0, 0.05) is 6.20 Å². The molecule has 7 heteroatoms. The summed E-state index contributed by atoms with van der Waals surface area (Å²) in [5, 5.41) is 0.372. The van der Waals surface area contributed by atoms with E-state index in [2.05, 4.69) is 9.97 Å². The van der Waals surface area contributed by atoms with Gasteiger partial charge in [-0.25, -0.2) is 19.3 Å². The van der Waals surface area contributed by atoms with E-state index >= 15 is 0 Å². The third-order valence-electron chi connectivity index (χ3n) is 4.16. The number of aromatic nitrogens is 4. The average molecular weight is 367 g/mol. The lowest BCUT2D eigenvalue weighted by atomic mass is 10.2. The number of nitrogens with zero attached hydrogens (tertiary/aromatic N) is 4. The van der Waals surface area contributed by atoms with E-state index < -0.39 is 0 Å². The van der Waals surface area contributed by atoms with Gasteiger partial charge >= 0.3 is 5.69 Å². The van der Waals surface area contributed by atoms with Crippen molar-refractivity contribution < 1.29 is 4.74 Å². The summed E-state index contributed by atoms with van der Waals surface area (Å²) < 4.78 is 8.42. The second kappa shape index (κ2) is 6.65. The highest BCUT2D eigenvalue weighted by Crippen LogP contribution is 2.18. The number of pyridine rings is 2. The van der Waals surface area contributed by atoms with Crippen molar-refractivity contribution in [2.75, 3.05) is 7.11 Å². The predicted molar refractivity (Wildman–Crippen MR) is 100 cm³/mol. The zero-order valence-electron chi connectivity index (χ0n) is 14.0. The van der Waals surface area contributed by atoms with Crippen LogP contribution in [0.25, 0.3) is 16.9 Å². The van der Waals surface area contributed by atoms with Crippen molar-refractivity contribution in [1.82, 2.24) is 19.1 Å². The Balaban J connectivity index is 1.86. The van der Waals surface area contributed by atoms with Gasteiger partial charge in [0.15, 0.2) is 5.65 Å². The molecule has 0 fully saturated rings. The second-order valence-electron chi connectivity index (χ2n) is 5.74. The first-order chi connectivity index (χ1) is 12.7. The largest absolute Gasteiger partial charge is 0.497 e. The van der Waals surface area contributed by atoms with Gasteiger partial charge in [0.05, 0.1) is 31.1 Å². The smallest absolute Gasteiger partial charge is 0.335 e. The summed E-state index contributed by atoms with van der Waals surface area (Å²) in [6.07, 6.45) is 3.23. The molecule has 6 nitrogen and oxygen atoms in total. The Morgan fingerprint density at radius 1 is 1.08 bits per heavy atom. The molecule has 0 N–H and O–H groups in total. The van der Waals surface area contributed by atoms with E-state index in [1.165, 1.54) is 0 Å². The molecule has 0 aliphatic rings. The van der Waals surface area contributed by atoms with Crippen LogP contribution in [-0.2, 0) is 6.54 Å². The molecule has 0 aliphatic carbocycles. The minimum absolute atomic E-state index is 0.182. The van der Waals surface area contributed by atoms with Gasteiger partial charge in [-0.3, -0.25) is 4.57 Å². The lowest BCUT2D eigenvalue weighted by Gasteiger charge is -2.05. The molecule has 0 aliphatic heterocycles. The summed E-state index contributed by atoms with van der Waals surface area (Å²) in [6.45, 7) is 0.430. The van der Waals surface area contributed by atoms with E-state index in [1.807, 2.05) is 36.4 Å². The molecule has 0 spiro atoms. The zero-order chi connectivity index (χ0) is 18.1. The molecule has 0 atom stereocenters. The van der Waals surface area contributed by atoms with Gasteiger partial charge in [-0.05, 0) is 42.0 Å². The van der Waals surface area contributed by atoms with Crippen molar-refractivity contribution in [2.24, 2.45) is 0 Å². The van der Waals surface area contributed by atoms with E-state index in [0.29, 0.717) is 23.0 Å². The van der Waals surface area contributed by atoms with E-state index in [4.69, 9.17) is 16.3 Å². The lowest BCUT2D eigenvalue weighted by molar-refractivity contribution is 0.414. The highest BCUT2D eigenvalue weighted by atomic mass is 35.5. The van der Waals surface area contributed by atoms with Crippen LogP contribution in [0.4, 0.5) is 0 Å². The van der Waals surface area contributed by atoms with Crippen molar-refractivity contribution in [3.8, 4) is 11.4 Å². The minimum atomic E-state index is -0.182. The van der Waals surface area contributed by atoms with Crippen LogP contribution in [0.15, 0.2) is 65.7 Å². The summed E-state index contributed by atoms with van der Waals surface area (Å²) in [6, 6.07) is 14.7. The van der Waals surface area contributed by atoms with Gasteiger partial charge < -0.3 is 4.74 Å². The highest BCUT2D eigenvalue weighted by Gasteiger charge is 2.16. The lowest BCUT2D eigenvalue weighted by Crippen LogP contribution is -2.23. The van der Waals surface area contributed by atoms with Crippen LogP contribution in [0.3, 0.4) is 0 Å². The molecule has 130 valence electrons. The number of halogens is 1. The summed E-state index contributed by atoms with van der Waals surface area (Å²) >= 11 is 5.86. The van der Waals surface area contributed by atoms with Crippen LogP contribution >= 0.6 is 11.6 Å². The third kappa shape index (κ3) is 2.84. The monoisotopic (exact) mass is 366 g/mol.